The normalized spacial score (nSPS) is 40.9. The number of benzene rings is 1. The number of halogens is 1. The van der Waals surface area contributed by atoms with Crippen molar-refractivity contribution in [3.8, 4) is 0 Å². The van der Waals surface area contributed by atoms with E-state index in [4.69, 9.17) is 21.3 Å². The number of hydrogen-bond donors (Lipinski definition) is 0. The molecule has 5 heteroatoms. The molecule has 1 aromatic rings. The molecule has 5 rings (SSSR count). The van der Waals surface area contributed by atoms with Crippen LogP contribution in [0.4, 0.5) is 0 Å². The Morgan fingerprint density at radius 3 is 2.88 bits per heavy atom. The van der Waals surface area contributed by atoms with E-state index in [-0.39, 0.29) is 11.1 Å². The Morgan fingerprint density at radius 1 is 1.29 bits per heavy atom. The first-order valence-electron chi connectivity index (χ1n) is 8.72. The number of ether oxygens (including phenoxy) is 1. The lowest BCUT2D eigenvalue weighted by Crippen LogP contribution is -2.59. The van der Waals surface area contributed by atoms with Crippen LogP contribution in [-0.2, 0) is 4.74 Å². The Kier molecular flexibility index (Phi) is 3.60. The second-order valence-electron chi connectivity index (χ2n) is 7.21. The van der Waals surface area contributed by atoms with Gasteiger partial charge in [-0.2, -0.15) is 0 Å². The number of allylic oxidation sites excluding steroid dienone is 1. The fourth-order valence-corrected chi connectivity index (χ4v) is 6.55. The minimum Gasteiger partial charge on any atom is -0.368 e. The van der Waals surface area contributed by atoms with Crippen LogP contribution in [0.3, 0.4) is 0 Å². The summed E-state index contributed by atoms with van der Waals surface area (Å²) in [6.07, 6.45) is 10.5. The lowest BCUT2D eigenvalue weighted by atomic mass is 9.68. The zero-order chi connectivity index (χ0) is 16.2. The van der Waals surface area contributed by atoms with Crippen molar-refractivity contribution in [3.63, 3.8) is 0 Å². The third kappa shape index (κ3) is 1.97. The first-order chi connectivity index (χ1) is 11.8. The van der Waals surface area contributed by atoms with Gasteiger partial charge in [0.1, 0.15) is 5.94 Å². The summed E-state index contributed by atoms with van der Waals surface area (Å²) in [7, 11) is 0. The van der Waals surface area contributed by atoms with Crippen LogP contribution in [0.5, 0.6) is 0 Å². The highest BCUT2D eigenvalue weighted by Gasteiger charge is 2.68. The Labute approximate surface area is 152 Å². The van der Waals surface area contributed by atoms with Gasteiger partial charge in [0.15, 0.2) is 0 Å². The molecule has 2 bridgehead atoms. The van der Waals surface area contributed by atoms with E-state index in [0.29, 0.717) is 11.8 Å². The minimum absolute atomic E-state index is 0.0312. The number of nitrogens with zero attached hydrogens (tertiary/aromatic N) is 2. The Bertz CT molecular complexity index is 700. The maximum atomic E-state index is 6.13. The van der Waals surface area contributed by atoms with Crippen LogP contribution in [0.25, 0.3) is 0 Å². The molecule has 3 nitrogen and oxygen atoms in total. The smallest absolute Gasteiger partial charge is 0.107 e. The van der Waals surface area contributed by atoms with Gasteiger partial charge in [-0.15, -0.1) is 0 Å². The lowest BCUT2D eigenvalue weighted by molar-refractivity contribution is 0.0892. The van der Waals surface area contributed by atoms with Crippen LogP contribution in [0.1, 0.15) is 30.7 Å². The number of hydrogen-bond acceptors (Lipinski definition) is 4. The SMILES string of the molecule is Clc1ccc(C2C3C=CC(N4CCOCS4)(C3)C23CCC=N3)cc1. The second kappa shape index (κ2) is 5.60. The minimum atomic E-state index is -0.0371. The van der Waals surface area contributed by atoms with E-state index in [0.717, 1.165) is 37.0 Å². The first kappa shape index (κ1) is 15.4. The molecular formula is C19H21ClN2OS. The third-order valence-electron chi connectivity index (χ3n) is 6.24. The van der Waals surface area contributed by atoms with Crippen molar-refractivity contribution in [2.24, 2.45) is 10.9 Å². The van der Waals surface area contributed by atoms with Crippen molar-refractivity contribution in [1.82, 2.24) is 4.31 Å². The van der Waals surface area contributed by atoms with Gasteiger partial charge in [0, 0.05) is 17.5 Å². The quantitative estimate of drug-likeness (QED) is 0.581. The second-order valence-corrected chi connectivity index (χ2v) is 8.58. The van der Waals surface area contributed by atoms with Crippen LogP contribution >= 0.6 is 23.5 Å². The molecule has 4 atom stereocenters. The van der Waals surface area contributed by atoms with Crippen molar-refractivity contribution >= 4 is 29.8 Å². The molecule has 4 aliphatic rings. The fourth-order valence-electron chi connectivity index (χ4n) is 5.37. The molecular weight excluding hydrogens is 340 g/mol. The molecule has 2 aliphatic heterocycles. The monoisotopic (exact) mass is 360 g/mol. The molecule has 2 fully saturated rings. The van der Waals surface area contributed by atoms with Crippen LogP contribution in [0, 0.1) is 5.92 Å². The van der Waals surface area contributed by atoms with Gasteiger partial charge >= 0.3 is 0 Å². The average molecular weight is 361 g/mol. The lowest BCUT2D eigenvalue weighted by Gasteiger charge is -2.50. The molecule has 0 aromatic heterocycles. The maximum Gasteiger partial charge on any atom is 0.107 e. The van der Waals surface area contributed by atoms with Gasteiger partial charge in [0.25, 0.3) is 0 Å². The van der Waals surface area contributed by atoms with Crippen LogP contribution in [0.2, 0.25) is 5.02 Å². The summed E-state index contributed by atoms with van der Waals surface area (Å²) in [5.41, 5.74) is 1.38. The first-order valence-corrected chi connectivity index (χ1v) is 10.0. The molecule has 24 heavy (non-hydrogen) atoms. The molecule has 2 aliphatic carbocycles. The third-order valence-corrected chi connectivity index (χ3v) is 7.58. The van der Waals surface area contributed by atoms with E-state index in [1.54, 1.807) is 0 Å². The van der Waals surface area contributed by atoms with E-state index < -0.39 is 0 Å². The van der Waals surface area contributed by atoms with E-state index in [1.807, 2.05) is 24.1 Å². The van der Waals surface area contributed by atoms with Gasteiger partial charge in [0.05, 0.1) is 17.7 Å². The molecule has 1 saturated carbocycles. The van der Waals surface area contributed by atoms with Gasteiger partial charge < -0.3 is 4.74 Å². The van der Waals surface area contributed by atoms with Gasteiger partial charge in [-0.3, -0.25) is 4.99 Å². The average Bonchev–Trinajstić information content (AvgIpc) is 3.32. The molecule has 4 unspecified atom stereocenters. The van der Waals surface area contributed by atoms with E-state index in [2.05, 4.69) is 34.8 Å². The molecule has 1 aromatic carbocycles. The summed E-state index contributed by atoms with van der Waals surface area (Å²) >= 11 is 7.96. The van der Waals surface area contributed by atoms with E-state index >= 15 is 0 Å². The van der Waals surface area contributed by atoms with Gasteiger partial charge in [-0.05, 0) is 61.0 Å². The highest BCUT2D eigenvalue weighted by atomic mass is 35.5. The van der Waals surface area contributed by atoms with Crippen LogP contribution < -0.4 is 0 Å². The largest absolute Gasteiger partial charge is 0.368 e. The molecule has 1 saturated heterocycles. The van der Waals surface area contributed by atoms with Gasteiger partial charge in [-0.25, -0.2) is 4.31 Å². The fraction of sp³-hybridized carbons (Fsp3) is 0.526. The van der Waals surface area contributed by atoms with E-state index in [9.17, 15) is 0 Å². The standard InChI is InChI=1S/C19H21ClN2OS/c20-16-4-2-14(3-5-16)17-15-6-8-18(12-15,19(17)7-1-9-21-19)22-10-11-23-13-24-22/h2-6,8-9,15,17H,1,7,10-13H2. The summed E-state index contributed by atoms with van der Waals surface area (Å²) in [5, 5.41) is 0.805. The number of fused-ring (bicyclic) bond motifs is 3. The molecule has 126 valence electrons. The summed E-state index contributed by atoms with van der Waals surface area (Å²) in [6, 6.07) is 8.46. The Balaban J connectivity index is 1.61. The van der Waals surface area contributed by atoms with Crippen LogP contribution in [-0.4, -0.2) is 40.7 Å². The Hall–Kier alpha value is -0.810. The summed E-state index contributed by atoms with van der Waals surface area (Å²) in [5.74, 6) is 1.76. The van der Waals surface area contributed by atoms with Crippen molar-refractivity contribution in [2.75, 3.05) is 19.1 Å². The molecule has 0 radical (unpaired) electrons. The highest BCUT2D eigenvalue weighted by molar-refractivity contribution is 7.96. The van der Waals surface area contributed by atoms with Crippen molar-refractivity contribution in [2.45, 2.75) is 36.3 Å². The number of rotatable bonds is 2. The molecule has 2 heterocycles. The molecule has 0 amide bonds. The Morgan fingerprint density at radius 2 is 2.17 bits per heavy atom. The maximum absolute atomic E-state index is 6.13. The van der Waals surface area contributed by atoms with E-state index in [1.165, 1.54) is 12.0 Å². The topological polar surface area (TPSA) is 24.8 Å². The van der Waals surface area contributed by atoms with Crippen molar-refractivity contribution < 1.29 is 4.74 Å². The van der Waals surface area contributed by atoms with Gasteiger partial charge in [0.2, 0.25) is 0 Å². The zero-order valence-electron chi connectivity index (χ0n) is 13.5. The summed E-state index contributed by atoms with van der Waals surface area (Å²) < 4.78 is 8.16. The highest BCUT2D eigenvalue weighted by Crippen LogP contribution is 2.65. The molecule has 1 spiro atoms. The predicted octanol–water partition coefficient (Wildman–Crippen LogP) is 4.29. The number of aliphatic imine (C=N–C) groups is 1. The predicted molar refractivity (Wildman–Crippen MR) is 99.7 cm³/mol. The summed E-state index contributed by atoms with van der Waals surface area (Å²) in [4.78, 5) is 5.17. The van der Waals surface area contributed by atoms with Gasteiger partial charge in [-0.1, -0.05) is 35.9 Å². The molecule has 0 N–H and O–H groups in total. The zero-order valence-corrected chi connectivity index (χ0v) is 15.1. The van der Waals surface area contributed by atoms with Crippen molar-refractivity contribution in [3.05, 3.63) is 47.0 Å². The van der Waals surface area contributed by atoms with Crippen molar-refractivity contribution in [1.29, 1.82) is 0 Å². The van der Waals surface area contributed by atoms with Crippen LogP contribution in [0.15, 0.2) is 41.4 Å². The summed E-state index contributed by atoms with van der Waals surface area (Å²) in [6.45, 7) is 1.80.